The normalized spacial score (nSPS) is 13.1. The summed E-state index contributed by atoms with van der Waals surface area (Å²) in [6, 6.07) is 3.82. The molecule has 0 atom stereocenters. The summed E-state index contributed by atoms with van der Waals surface area (Å²) in [5.41, 5.74) is -0.512. The predicted molar refractivity (Wildman–Crippen MR) is 73.4 cm³/mol. The molecule has 0 amide bonds. The maximum absolute atomic E-state index is 13.4. The van der Waals surface area contributed by atoms with Crippen LogP contribution in [0.15, 0.2) is 27.6 Å². The summed E-state index contributed by atoms with van der Waals surface area (Å²) in [6.07, 6.45) is 0.668. The van der Waals surface area contributed by atoms with Gasteiger partial charge in [0.2, 0.25) is 10.0 Å². The Morgan fingerprint density at radius 3 is 2.39 bits per heavy atom. The van der Waals surface area contributed by atoms with Gasteiger partial charge in [-0.1, -0.05) is 6.92 Å². The molecule has 1 aromatic rings. The van der Waals surface area contributed by atoms with Crippen molar-refractivity contribution < 1.29 is 12.8 Å². The van der Waals surface area contributed by atoms with Gasteiger partial charge < -0.3 is 0 Å². The Labute approximate surface area is 116 Å². The molecular weight excluding hydrogens is 321 g/mol. The van der Waals surface area contributed by atoms with Gasteiger partial charge >= 0.3 is 0 Å². The first-order valence-electron chi connectivity index (χ1n) is 5.57. The van der Waals surface area contributed by atoms with Gasteiger partial charge in [0.05, 0.1) is 9.37 Å². The second-order valence-corrected chi connectivity index (χ2v) is 7.54. The van der Waals surface area contributed by atoms with E-state index in [0.29, 0.717) is 6.42 Å². The molecule has 0 saturated heterocycles. The van der Waals surface area contributed by atoms with Crippen LogP contribution in [0.3, 0.4) is 0 Å². The third-order valence-corrected chi connectivity index (χ3v) is 5.98. The van der Waals surface area contributed by atoms with Crippen molar-refractivity contribution in [2.24, 2.45) is 0 Å². The molecule has 1 aromatic carbocycles. The lowest BCUT2D eigenvalue weighted by molar-refractivity contribution is 0.257. The van der Waals surface area contributed by atoms with Crippen LogP contribution in [0.5, 0.6) is 0 Å². The third-order valence-electron chi connectivity index (χ3n) is 3.27. The lowest BCUT2D eigenvalue weighted by Gasteiger charge is -2.33. The SMILES string of the molecule is CCC(C)(C)N(C)S(=O)(=O)c1ccc(Br)c(F)c1. The third kappa shape index (κ3) is 2.92. The van der Waals surface area contributed by atoms with Crippen LogP contribution >= 0.6 is 15.9 Å². The van der Waals surface area contributed by atoms with Crippen LogP contribution in [0.1, 0.15) is 27.2 Å². The standard InChI is InChI=1S/C12H17BrFNO2S/c1-5-12(2,3)15(4)18(16,17)9-6-7-10(13)11(14)8-9/h6-8H,5H2,1-4H3. The lowest BCUT2D eigenvalue weighted by Crippen LogP contribution is -2.44. The quantitative estimate of drug-likeness (QED) is 0.844. The molecule has 0 bridgehead atoms. The molecule has 0 heterocycles. The van der Waals surface area contributed by atoms with Crippen LogP contribution in [0, 0.1) is 5.82 Å². The first-order chi connectivity index (χ1) is 8.13. The van der Waals surface area contributed by atoms with Crippen molar-refractivity contribution in [3.05, 3.63) is 28.5 Å². The first kappa shape index (κ1) is 15.6. The zero-order valence-electron chi connectivity index (χ0n) is 10.9. The fourth-order valence-electron chi connectivity index (χ4n) is 1.34. The van der Waals surface area contributed by atoms with Gasteiger partial charge in [-0.25, -0.2) is 12.8 Å². The van der Waals surface area contributed by atoms with E-state index in [1.54, 1.807) is 0 Å². The molecule has 3 nitrogen and oxygen atoms in total. The minimum atomic E-state index is -3.68. The summed E-state index contributed by atoms with van der Waals surface area (Å²) >= 11 is 3.00. The molecular formula is C12H17BrFNO2S. The van der Waals surface area contributed by atoms with Crippen molar-refractivity contribution in [1.82, 2.24) is 4.31 Å². The highest BCUT2D eigenvalue weighted by Crippen LogP contribution is 2.27. The molecule has 0 aromatic heterocycles. The monoisotopic (exact) mass is 337 g/mol. The summed E-state index contributed by atoms with van der Waals surface area (Å²) in [6.45, 7) is 5.58. The maximum atomic E-state index is 13.4. The number of hydrogen-bond donors (Lipinski definition) is 0. The van der Waals surface area contributed by atoms with Gasteiger partial charge in [0.15, 0.2) is 0 Å². The van der Waals surface area contributed by atoms with Crippen LogP contribution in [0.4, 0.5) is 4.39 Å². The molecule has 0 aliphatic heterocycles. The summed E-state index contributed by atoms with van der Waals surface area (Å²) in [5, 5.41) is 0. The van der Waals surface area contributed by atoms with Gasteiger partial charge in [0, 0.05) is 12.6 Å². The Morgan fingerprint density at radius 2 is 1.94 bits per heavy atom. The van der Waals surface area contributed by atoms with Gasteiger partial charge in [-0.3, -0.25) is 0 Å². The molecule has 0 aliphatic rings. The fourth-order valence-corrected chi connectivity index (χ4v) is 3.18. The summed E-state index contributed by atoms with van der Waals surface area (Å²) in [4.78, 5) is -0.0350. The highest BCUT2D eigenvalue weighted by atomic mass is 79.9. The van der Waals surface area contributed by atoms with Gasteiger partial charge in [0.1, 0.15) is 5.82 Å². The molecule has 0 radical (unpaired) electrons. The van der Waals surface area contributed by atoms with E-state index in [1.807, 2.05) is 20.8 Å². The average molecular weight is 338 g/mol. The van der Waals surface area contributed by atoms with Crippen LogP contribution < -0.4 is 0 Å². The molecule has 0 aliphatic carbocycles. The number of sulfonamides is 1. The smallest absolute Gasteiger partial charge is 0.207 e. The van der Waals surface area contributed by atoms with Crippen molar-refractivity contribution in [2.45, 2.75) is 37.6 Å². The minimum Gasteiger partial charge on any atom is -0.207 e. The van der Waals surface area contributed by atoms with Crippen molar-refractivity contribution in [2.75, 3.05) is 7.05 Å². The van der Waals surface area contributed by atoms with Gasteiger partial charge in [-0.15, -0.1) is 0 Å². The van der Waals surface area contributed by atoms with Crippen LogP contribution in [-0.4, -0.2) is 25.3 Å². The molecule has 0 spiro atoms. The van der Waals surface area contributed by atoms with E-state index in [1.165, 1.54) is 23.5 Å². The van der Waals surface area contributed by atoms with E-state index >= 15 is 0 Å². The van der Waals surface area contributed by atoms with E-state index in [2.05, 4.69) is 15.9 Å². The molecule has 0 N–H and O–H groups in total. The Bertz CT molecular complexity index is 543. The van der Waals surface area contributed by atoms with Gasteiger partial charge in [0.25, 0.3) is 0 Å². The zero-order chi connectivity index (χ0) is 14.1. The fraction of sp³-hybridized carbons (Fsp3) is 0.500. The Balaban J connectivity index is 3.26. The second-order valence-electron chi connectivity index (χ2n) is 4.71. The molecule has 0 saturated carbocycles. The molecule has 1 rings (SSSR count). The minimum absolute atomic E-state index is 0.0350. The predicted octanol–water partition coefficient (Wildman–Crippen LogP) is 3.40. The van der Waals surface area contributed by atoms with Crippen molar-refractivity contribution in [3.8, 4) is 0 Å². The number of hydrogen-bond acceptors (Lipinski definition) is 2. The van der Waals surface area contributed by atoms with E-state index in [0.717, 1.165) is 6.07 Å². The Hall–Kier alpha value is -0.460. The van der Waals surface area contributed by atoms with E-state index < -0.39 is 21.4 Å². The van der Waals surface area contributed by atoms with Crippen LogP contribution in [-0.2, 0) is 10.0 Å². The van der Waals surface area contributed by atoms with E-state index in [4.69, 9.17) is 0 Å². The largest absolute Gasteiger partial charge is 0.243 e. The number of nitrogens with zero attached hydrogens (tertiary/aromatic N) is 1. The Kier molecular flexibility index (Phi) is 4.56. The highest BCUT2D eigenvalue weighted by molar-refractivity contribution is 9.10. The molecule has 6 heteroatoms. The molecule has 18 heavy (non-hydrogen) atoms. The van der Waals surface area contributed by atoms with Crippen molar-refractivity contribution in [1.29, 1.82) is 0 Å². The average Bonchev–Trinajstić information content (AvgIpc) is 2.31. The second kappa shape index (κ2) is 5.27. The zero-order valence-corrected chi connectivity index (χ0v) is 13.3. The van der Waals surface area contributed by atoms with Gasteiger partial charge in [-0.2, -0.15) is 4.31 Å². The number of rotatable bonds is 4. The molecule has 102 valence electrons. The number of benzene rings is 1. The van der Waals surface area contributed by atoms with E-state index in [9.17, 15) is 12.8 Å². The lowest BCUT2D eigenvalue weighted by atomic mass is 10.0. The van der Waals surface area contributed by atoms with E-state index in [-0.39, 0.29) is 9.37 Å². The number of halogens is 2. The van der Waals surface area contributed by atoms with Crippen LogP contribution in [0.25, 0.3) is 0 Å². The van der Waals surface area contributed by atoms with Crippen molar-refractivity contribution >= 4 is 26.0 Å². The van der Waals surface area contributed by atoms with Gasteiger partial charge in [-0.05, 0) is 54.4 Å². The maximum Gasteiger partial charge on any atom is 0.243 e. The Morgan fingerprint density at radius 1 is 1.39 bits per heavy atom. The van der Waals surface area contributed by atoms with Crippen molar-refractivity contribution in [3.63, 3.8) is 0 Å². The summed E-state index contributed by atoms with van der Waals surface area (Å²) < 4.78 is 39.6. The highest BCUT2D eigenvalue weighted by Gasteiger charge is 2.32. The molecule has 0 fully saturated rings. The topological polar surface area (TPSA) is 37.4 Å². The first-order valence-corrected chi connectivity index (χ1v) is 7.80. The van der Waals surface area contributed by atoms with Crippen LogP contribution in [0.2, 0.25) is 0 Å². The summed E-state index contributed by atoms with van der Waals surface area (Å²) in [5.74, 6) is -0.584. The summed E-state index contributed by atoms with van der Waals surface area (Å²) in [7, 11) is -2.16. The molecule has 0 unspecified atom stereocenters.